The molecule has 0 bridgehead atoms. The third kappa shape index (κ3) is 1.73. The highest BCUT2D eigenvalue weighted by molar-refractivity contribution is 5.70. The predicted molar refractivity (Wildman–Crippen MR) is 57.1 cm³/mol. The van der Waals surface area contributed by atoms with Crippen molar-refractivity contribution in [1.82, 2.24) is 19.5 Å². The van der Waals surface area contributed by atoms with Gasteiger partial charge in [0.1, 0.15) is 17.2 Å². The number of rotatable bonds is 0. The average Bonchev–Trinajstić information content (AvgIpc) is 2.48. The fraction of sp³-hybridized carbons (Fsp3) is 0.500. The summed E-state index contributed by atoms with van der Waals surface area (Å²) in [5.41, 5.74) is 1.76. The van der Waals surface area contributed by atoms with Crippen molar-refractivity contribution in [2.45, 2.75) is 27.7 Å². The Labute approximate surface area is 84.0 Å². The molecule has 2 aromatic heterocycles. The molecule has 0 saturated heterocycles. The van der Waals surface area contributed by atoms with E-state index in [2.05, 4.69) is 15.0 Å². The summed E-state index contributed by atoms with van der Waals surface area (Å²) in [6.45, 7) is 7.83. The summed E-state index contributed by atoms with van der Waals surface area (Å²) in [6.07, 6.45) is 1.75. The maximum atomic E-state index is 4.29. The van der Waals surface area contributed by atoms with Crippen LogP contribution >= 0.6 is 0 Å². The number of nitrogens with zero attached hydrogens (tertiary/aromatic N) is 4. The van der Waals surface area contributed by atoms with Gasteiger partial charge in [-0.15, -0.1) is 0 Å². The van der Waals surface area contributed by atoms with Crippen LogP contribution in [0.25, 0.3) is 11.2 Å². The molecular weight excluding hydrogens is 176 g/mol. The van der Waals surface area contributed by atoms with Crippen molar-refractivity contribution >= 4 is 11.2 Å². The van der Waals surface area contributed by atoms with Gasteiger partial charge in [-0.3, -0.25) is 0 Å². The lowest BCUT2D eigenvalue weighted by Gasteiger charge is -1.95. The lowest BCUT2D eigenvalue weighted by atomic mass is 10.5. The number of imidazole rings is 1. The lowest BCUT2D eigenvalue weighted by molar-refractivity contribution is 0.869. The molecule has 0 amide bonds. The van der Waals surface area contributed by atoms with Crippen LogP contribution in [0.1, 0.15) is 25.5 Å². The van der Waals surface area contributed by atoms with Crippen LogP contribution in [0.3, 0.4) is 0 Å². The topological polar surface area (TPSA) is 43.6 Å². The minimum atomic E-state index is 0.783. The number of hydrogen-bond donors (Lipinski definition) is 0. The highest BCUT2D eigenvalue weighted by atomic mass is 15.1. The van der Waals surface area contributed by atoms with E-state index < -0.39 is 0 Å². The molecule has 0 radical (unpaired) electrons. The fourth-order valence-corrected chi connectivity index (χ4v) is 1.18. The van der Waals surface area contributed by atoms with Gasteiger partial charge in [-0.1, -0.05) is 13.8 Å². The van der Waals surface area contributed by atoms with Crippen LogP contribution in [-0.2, 0) is 7.05 Å². The second-order valence-corrected chi connectivity index (χ2v) is 2.84. The second-order valence-electron chi connectivity index (χ2n) is 2.84. The Morgan fingerprint density at radius 1 is 1.14 bits per heavy atom. The van der Waals surface area contributed by atoms with Crippen molar-refractivity contribution in [2.75, 3.05) is 0 Å². The molecule has 0 aliphatic heterocycles. The Hall–Kier alpha value is -1.45. The van der Waals surface area contributed by atoms with E-state index in [1.807, 2.05) is 39.3 Å². The third-order valence-corrected chi connectivity index (χ3v) is 1.96. The SMILES string of the molecule is CC.Cc1ncc2nc(C)n(C)c2n1. The van der Waals surface area contributed by atoms with Gasteiger partial charge in [0.25, 0.3) is 0 Å². The summed E-state index contributed by atoms with van der Waals surface area (Å²) in [6, 6.07) is 0. The maximum absolute atomic E-state index is 4.29. The molecule has 0 aliphatic rings. The first-order valence-electron chi connectivity index (χ1n) is 4.81. The summed E-state index contributed by atoms with van der Waals surface area (Å²) < 4.78 is 1.96. The van der Waals surface area contributed by atoms with Crippen molar-refractivity contribution in [3.8, 4) is 0 Å². The normalized spacial score (nSPS) is 9.79. The summed E-state index contributed by atoms with van der Waals surface area (Å²) in [5, 5.41) is 0. The van der Waals surface area contributed by atoms with Gasteiger partial charge in [0.05, 0.1) is 6.20 Å². The Morgan fingerprint density at radius 3 is 2.43 bits per heavy atom. The molecular formula is C10H16N4. The number of fused-ring (bicyclic) bond motifs is 1. The van der Waals surface area contributed by atoms with Crippen LogP contribution in [0.15, 0.2) is 6.20 Å². The molecule has 4 heteroatoms. The van der Waals surface area contributed by atoms with Crippen molar-refractivity contribution in [3.63, 3.8) is 0 Å². The minimum Gasteiger partial charge on any atom is -0.316 e. The van der Waals surface area contributed by atoms with Crippen LogP contribution in [0.4, 0.5) is 0 Å². The van der Waals surface area contributed by atoms with E-state index in [1.165, 1.54) is 0 Å². The van der Waals surface area contributed by atoms with E-state index in [-0.39, 0.29) is 0 Å². The summed E-state index contributed by atoms with van der Waals surface area (Å²) in [5.74, 6) is 1.75. The quantitative estimate of drug-likeness (QED) is 0.641. The maximum Gasteiger partial charge on any atom is 0.163 e. The van der Waals surface area contributed by atoms with E-state index >= 15 is 0 Å². The van der Waals surface area contributed by atoms with Crippen LogP contribution in [0.2, 0.25) is 0 Å². The molecule has 2 heterocycles. The van der Waals surface area contributed by atoms with Gasteiger partial charge in [-0.25, -0.2) is 15.0 Å². The van der Waals surface area contributed by atoms with Crippen molar-refractivity contribution < 1.29 is 0 Å². The van der Waals surface area contributed by atoms with Gasteiger partial charge in [0.2, 0.25) is 0 Å². The molecule has 2 aromatic rings. The zero-order chi connectivity index (χ0) is 10.7. The summed E-state index contributed by atoms with van der Waals surface area (Å²) in [7, 11) is 1.96. The minimum absolute atomic E-state index is 0.783. The van der Waals surface area contributed by atoms with Gasteiger partial charge in [0.15, 0.2) is 5.65 Å². The summed E-state index contributed by atoms with van der Waals surface area (Å²) >= 11 is 0. The van der Waals surface area contributed by atoms with E-state index in [9.17, 15) is 0 Å². The van der Waals surface area contributed by atoms with E-state index in [1.54, 1.807) is 6.20 Å². The van der Waals surface area contributed by atoms with Gasteiger partial charge < -0.3 is 4.57 Å². The number of hydrogen-bond acceptors (Lipinski definition) is 3. The second kappa shape index (κ2) is 4.17. The van der Waals surface area contributed by atoms with Gasteiger partial charge in [-0.2, -0.15) is 0 Å². The zero-order valence-corrected chi connectivity index (χ0v) is 9.37. The van der Waals surface area contributed by atoms with Crippen LogP contribution in [-0.4, -0.2) is 19.5 Å². The number of aromatic nitrogens is 4. The predicted octanol–water partition coefficient (Wildman–Crippen LogP) is 2.01. The first-order chi connectivity index (χ1) is 6.68. The molecule has 76 valence electrons. The molecule has 4 nitrogen and oxygen atoms in total. The van der Waals surface area contributed by atoms with Crippen molar-refractivity contribution in [2.24, 2.45) is 7.05 Å². The zero-order valence-electron chi connectivity index (χ0n) is 9.37. The first-order valence-corrected chi connectivity index (χ1v) is 4.81. The average molecular weight is 192 g/mol. The van der Waals surface area contributed by atoms with Gasteiger partial charge in [0, 0.05) is 7.05 Å². The smallest absolute Gasteiger partial charge is 0.163 e. The molecule has 2 rings (SSSR count). The molecule has 0 atom stereocenters. The Kier molecular flexibility index (Phi) is 3.17. The van der Waals surface area contributed by atoms with Crippen LogP contribution < -0.4 is 0 Å². The molecule has 14 heavy (non-hydrogen) atoms. The van der Waals surface area contributed by atoms with Gasteiger partial charge >= 0.3 is 0 Å². The van der Waals surface area contributed by atoms with Crippen molar-refractivity contribution in [1.29, 1.82) is 0 Å². The first kappa shape index (κ1) is 10.6. The van der Waals surface area contributed by atoms with Crippen LogP contribution in [0.5, 0.6) is 0 Å². The standard InChI is InChI=1S/C8H10N4.C2H6/c1-5-9-4-7-8(10-5)12(3)6(2)11-7;1-2/h4H,1-3H3;1-2H3. The molecule has 0 saturated carbocycles. The van der Waals surface area contributed by atoms with Gasteiger partial charge in [-0.05, 0) is 13.8 Å². The Bertz CT molecular complexity index is 431. The summed E-state index contributed by atoms with van der Waals surface area (Å²) in [4.78, 5) is 12.7. The van der Waals surface area contributed by atoms with E-state index in [4.69, 9.17) is 0 Å². The van der Waals surface area contributed by atoms with Crippen molar-refractivity contribution in [3.05, 3.63) is 17.8 Å². The molecule has 0 spiro atoms. The molecule has 0 fully saturated rings. The molecule has 0 aliphatic carbocycles. The fourth-order valence-electron chi connectivity index (χ4n) is 1.18. The monoisotopic (exact) mass is 192 g/mol. The lowest BCUT2D eigenvalue weighted by Crippen LogP contribution is -1.94. The Morgan fingerprint density at radius 2 is 1.79 bits per heavy atom. The van der Waals surface area contributed by atoms with E-state index in [0.29, 0.717) is 0 Å². The highest BCUT2D eigenvalue weighted by Gasteiger charge is 2.04. The molecule has 0 N–H and O–H groups in total. The molecule has 0 aromatic carbocycles. The highest BCUT2D eigenvalue weighted by Crippen LogP contribution is 2.09. The largest absolute Gasteiger partial charge is 0.316 e. The molecule has 0 unspecified atom stereocenters. The Balaban J connectivity index is 0.000000461. The van der Waals surface area contributed by atoms with Crippen LogP contribution in [0, 0.1) is 13.8 Å². The third-order valence-electron chi connectivity index (χ3n) is 1.96. The number of aryl methyl sites for hydroxylation is 3. The van der Waals surface area contributed by atoms with E-state index in [0.717, 1.165) is 22.8 Å².